The smallest absolute Gasteiger partial charge is 0.0578 e. The van der Waals surface area contributed by atoms with E-state index in [2.05, 4.69) is 73.8 Å². The fourth-order valence-corrected chi connectivity index (χ4v) is 6.91. The summed E-state index contributed by atoms with van der Waals surface area (Å²) in [6.07, 6.45) is 0. The van der Waals surface area contributed by atoms with Crippen LogP contribution in [0.3, 0.4) is 0 Å². The summed E-state index contributed by atoms with van der Waals surface area (Å²) in [7, 11) is 0. The Balaban J connectivity index is 1.81. The molecule has 0 saturated heterocycles. The molecule has 0 spiro atoms. The minimum atomic E-state index is -2.22. The highest BCUT2D eigenvalue weighted by Gasteiger charge is 2.36. The van der Waals surface area contributed by atoms with Crippen molar-refractivity contribution in [3.05, 3.63) is 90.0 Å². The highest BCUT2D eigenvalue weighted by atomic mass is 32.1. The third-order valence-corrected chi connectivity index (χ3v) is 8.10. The molecule has 6 aromatic rings. The molecule has 1 aliphatic heterocycles. The minimum absolute atomic E-state index is 0.425. The number of thiophene rings is 1. The summed E-state index contributed by atoms with van der Waals surface area (Å²) < 4.78 is 27.8. The average Bonchev–Trinajstić information content (AvgIpc) is 3.22. The number of anilines is 1. The molecule has 7 rings (SSSR count). The second kappa shape index (κ2) is 6.11. The average molecular weight is 433 g/mol. The number of hydrogen-bond acceptors (Lipinski definition) is 2. The van der Waals surface area contributed by atoms with E-state index < -0.39 is 12.4 Å². The van der Waals surface area contributed by atoms with Crippen molar-refractivity contribution in [2.75, 3.05) is 5.32 Å². The van der Waals surface area contributed by atoms with E-state index >= 15 is 0 Å². The van der Waals surface area contributed by atoms with Gasteiger partial charge >= 0.3 is 0 Å². The summed E-state index contributed by atoms with van der Waals surface area (Å²) in [5.41, 5.74) is 3.96. The molecule has 0 aliphatic carbocycles. The Labute approximate surface area is 195 Å². The molecule has 0 fully saturated rings. The molecule has 0 radical (unpaired) electrons. The van der Waals surface area contributed by atoms with Gasteiger partial charge in [0.2, 0.25) is 0 Å². The zero-order valence-corrected chi connectivity index (χ0v) is 18.7. The van der Waals surface area contributed by atoms with Crippen LogP contribution in [-0.4, -0.2) is 0 Å². The second-order valence-corrected chi connectivity index (χ2v) is 10.3. The molecule has 2 heteroatoms. The van der Waals surface area contributed by atoms with Crippen LogP contribution < -0.4 is 5.32 Å². The Bertz CT molecular complexity index is 1840. The molecule has 1 aromatic heterocycles. The first-order valence-electron chi connectivity index (χ1n) is 12.5. The van der Waals surface area contributed by atoms with Crippen molar-refractivity contribution in [2.24, 2.45) is 0 Å². The Kier molecular flexibility index (Phi) is 2.95. The van der Waals surface area contributed by atoms with Gasteiger partial charge in [-0.25, -0.2) is 0 Å². The van der Waals surface area contributed by atoms with Crippen molar-refractivity contribution in [3.8, 4) is 11.1 Å². The van der Waals surface area contributed by atoms with Gasteiger partial charge in [0.1, 0.15) is 0 Å². The van der Waals surface area contributed by atoms with Crippen molar-refractivity contribution < 1.29 is 4.11 Å². The van der Waals surface area contributed by atoms with Crippen molar-refractivity contribution in [3.63, 3.8) is 0 Å². The van der Waals surface area contributed by atoms with Gasteiger partial charge in [0.05, 0.1) is 11.2 Å². The van der Waals surface area contributed by atoms with Gasteiger partial charge in [0, 0.05) is 35.2 Å². The van der Waals surface area contributed by atoms with Crippen molar-refractivity contribution >= 4 is 58.7 Å². The van der Waals surface area contributed by atoms with Gasteiger partial charge in [-0.05, 0) is 59.6 Å². The van der Waals surface area contributed by atoms with Crippen LogP contribution in [0.4, 0.5) is 5.69 Å². The lowest BCUT2D eigenvalue weighted by molar-refractivity contribution is 0.604. The molecule has 32 heavy (non-hydrogen) atoms. The molecule has 0 bridgehead atoms. The Morgan fingerprint density at radius 2 is 1.47 bits per heavy atom. The van der Waals surface area contributed by atoms with E-state index in [4.69, 9.17) is 4.11 Å². The Morgan fingerprint density at radius 3 is 2.28 bits per heavy atom. The van der Waals surface area contributed by atoms with E-state index in [9.17, 15) is 0 Å². The molecule has 0 saturated carbocycles. The normalized spacial score (nSPS) is 16.4. The molecule has 1 nitrogen and oxygen atoms in total. The molecule has 154 valence electrons. The maximum Gasteiger partial charge on any atom is 0.0578 e. The molecule has 1 N–H and O–H groups in total. The highest BCUT2D eigenvalue weighted by Crippen LogP contribution is 2.55. The van der Waals surface area contributed by atoms with E-state index in [-0.39, 0.29) is 0 Å². The predicted molar refractivity (Wildman–Crippen MR) is 141 cm³/mol. The lowest BCUT2D eigenvalue weighted by Gasteiger charge is -2.39. The maximum atomic E-state index is 8.43. The Hall–Kier alpha value is -3.36. The fourth-order valence-electron chi connectivity index (χ4n) is 5.66. The number of benzene rings is 5. The summed E-state index contributed by atoms with van der Waals surface area (Å²) in [5, 5.41) is 10.7. The van der Waals surface area contributed by atoms with Gasteiger partial charge in [0.15, 0.2) is 0 Å². The van der Waals surface area contributed by atoms with Crippen molar-refractivity contribution in [1.29, 1.82) is 0 Å². The summed E-state index contributed by atoms with van der Waals surface area (Å²) >= 11 is 1.83. The summed E-state index contributed by atoms with van der Waals surface area (Å²) in [4.78, 5) is 0. The third-order valence-electron chi connectivity index (χ3n) is 6.90. The molecule has 0 amide bonds. The number of hydrogen-bond donors (Lipinski definition) is 1. The lowest BCUT2D eigenvalue weighted by Crippen LogP contribution is -2.33. The first-order chi connectivity index (χ1) is 16.8. The molecule has 5 aromatic carbocycles. The molecular weight excluding hydrogens is 406 g/mol. The fraction of sp³-hybridized carbons (Fsp3) is 0.133. The number of nitrogens with one attached hydrogen (secondary N) is 1. The van der Waals surface area contributed by atoms with Crippen molar-refractivity contribution in [2.45, 2.75) is 26.2 Å². The number of fused-ring (bicyclic) bond motifs is 12. The van der Waals surface area contributed by atoms with E-state index in [1.54, 1.807) is 0 Å². The Morgan fingerprint density at radius 1 is 0.781 bits per heavy atom. The standard InChI is InChI=1S/C30H23NS/c1-17-16-18-10-4-5-11-19(18)24-25-20-12-6-7-13-21(20)29-26(22-14-8-9-15-23(22)32-29)28(25)31-30(2,3)27(17)24/h4-16,31H,1-3H3/i1D3. The monoisotopic (exact) mass is 432 g/mol. The topological polar surface area (TPSA) is 12.0 Å². The van der Waals surface area contributed by atoms with E-state index in [1.807, 2.05) is 35.6 Å². The van der Waals surface area contributed by atoms with Gasteiger partial charge in [0.25, 0.3) is 0 Å². The van der Waals surface area contributed by atoms with Gasteiger partial charge < -0.3 is 5.32 Å². The molecular formula is C30H23NS. The summed E-state index contributed by atoms with van der Waals surface area (Å²) in [6, 6.07) is 27.2. The van der Waals surface area contributed by atoms with Crippen LogP contribution in [0.5, 0.6) is 0 Å². The van der Waals surface area contributed by atoms with Crippen LogP contribution in [0.2, 0.25) is 0 Å². The zero-order chi connectivity index (χ0) is 24.1. The molecule has 0 unspecified atom stereocenters. The van der Waals surface area contributed by atoms with Crippen LogP contribution in [0, 0.1) is 6.85 Å². The van der Waals surface area contributed by atoms with Gasteiger partial charge in [-0.15, -0.1) is 11.3 Å². The van der Waals surface area contributed by atoms with Crippen LogP contribution >= 0.6 is 11.3 Å². The summed E-state index contributed by atoms with van der Waals surface area (Å²) in [5.74, 6) is 0. The third kappa shape index (κ3) is 2.23. The zero-order valence-electron chi connectivity index (χ0n) is 20.9. The highest BCUT2D eigenvalue weighted by molar-refractivity contribution is 7.26. The van der Waals surface area contributed by atoms with E-state index in [1.165, 1.54) is 25.6 Å². The van der Waals surface area contributed by atoms with Gasteiger partial charge in [-0.1, -0.05) is 72.8 Å². The minimum Gasteiger partial charge on any atom is -0.375 e. The van der Waals surface area contributed by atoms with Crippen molar-refractivity contribution in [1.82, 2.24) is 0 Å². The SMILES string of the molecule is [2H]C([2H])([2H])c1cc2ccccc2c2c1C(C)(C)Nc1c-2c2ccccc2c2sc3ccccc3c12. The summed E-state index contributed by atoms with van der Waals surface area (Å²) in [6.45, 7) is 1.99. The van der Waals surface area contributed by atoms with Crippen LogP contribution in [-0.2, 0) is 5.54 Å². The van der Waals surface area contributed by atoms with E-state index in [0.717, 1.165) is 38.5 Å². The molecule has 0 atom stereocenters. The molecule has 2 heterocycles. The maximum absolute atomic E-state index is 8.43. The second-order valence-electron chi connectivity index (χ2n) is 9.24. The predicted octanol–water partition coefficient (Wildman–Crippen LogP) is 9.00. The molecule has 1 aliphatic rings. The van der Waals surface area contributed by atoms with Crippen LogP contribution in [0.1, 0.15) is 29.1 Å². The van der Waals surface area contributed by atoms with Crippen LogP contribution in [0.25, 0.3) is 52.8 Å². The van der Waals surface area contributed by atoms with E-state index in [0.29, 0.717) is 5.56 Å². The lowest BCUT2D eigenvalue weighted by atomic mass is 9.75. The van der Waals surface area contributed by atoms with Gasteiger partial charge in [-0.2, -0.15) is 0 Å². The first-order valence-corrected chi connectivity index (χ1v) is 11.8. The largest absolute Gasteiger partial charge is 0.375 e. The first kappa shape index (κ1) is 15.4. The van der Waals surface area contributed by atoms with Crippen LogP contribution in [0.15, 0.2) is 78.9 Å². The number of aryl methyl sites for hydroxylation is 1. The van der Waals surface area contributed by atoms with Gasteiger partial charge in [-0.3, -0.25) is 0 Å². The quantitative estimate of drug-likeness (QED) is 0.252. The number of rotatable bonds is 0.